The number of hydrogen-bond acceptors (Lipinski definition) is 2. The minimum Gasteiger partial charge on any atom is -0.399 e. The van der Waals surface area contributed by atoms with Crippen LogP contribution < -0.4 is 5.73 Å². The standard InChI is InChI=1S/C11H12FN3/c1-7-3-8(2)15(14-7)11-5-9(12)4-10(13)6-11/h3-6H,13H2,1-2H3. The van der Waals surface area contributed by atoms with Crippen LogP contribution in [0.5, 0.6) is 0 Å². The van der Waals surface area contributed by atoms with Crippen LogP contribution in [0, 0.1) is 19.7 Å². The Morgan fingerprint density at radius 1 is 1.20 bits per heavy atom. The van der Waals surface area contributed by atoms with E-state index in [0.717, 1.165) is 11.4 Å². The van der Waals surface area contributed by atoms with Crippen LogP contribution in [0.4, 0.5) is 10.1 Å². The SMILES string of the molecule is Cc1cc(C)n(-c2cc(N)cc(F)c2)n1. The van der Waals surface area contributed by atoms with Crippen LogP contribution in [0.1, 0.15) is 11.4 Å². The van der Waals surface area contributed by atoms with Gasteiger partial charge in [0.05, 0.1) is 11.4 Å². The largest absolute Gasteiger partial charge is 0.399 e. The van der Waals surface area contributed by atoms with Crippen molar-refractivity contribution >= 4 is 5.69 Å². The number of rotatable bonds is 1. The summed E-state index contributed by atoms with van der Waals surface area (Å²) in [5.41, 5.74) is 8.48. The van der Waals surface area contributed by atoms with Gasteiger partial charge in [-0.3, -0.25) is 0 Å². The summed E-state index contributed by atoms with van der Waals surface area (Å²) < 4.78 is 14.8. The van der Waals surface area contributed by atoms with Gasteiger partial charge in [0.25, 0.3) is 0 Å². The molecule has 0 spiro atoms. The van der Waals surface area contributed by atoms with Crippen molar-refractivity contribution in [2.45, 2.75) is 13.8 Å². The molecule has 0 saturated heterocycles. The van der Waals surface area contributed by atoms with Gasteiger partial charge >= 0.3 is 0 Å². The molecule has 1 aromatic heterocycles. The third kappa shape index (κ3) is 1.83. The summed E-state index contributed by atoms with van der Waals surface area (Å²) in [6.07, 6.45) is 0. The Balaban J connectivity index is 2.58. The molecule has 2 N–H and O–H groups in total. The van der Waals surface area contributed by atoms with Gasteiger partial charge in [0.2, 0.25) is 0 Å². The Morgan fingerprint density at radius 2 is 1.93 bits per heavy atom. The lowest BCUT2D eigenvalue weighted by molar-refractivity contribution is 0.625. The van der Waals surface area contributed by atoms with Crippen LogP contribution in [-0.4, -0.2) is 9.78 Å². The van der Waals surface area contributed by atoms with Crippen molar-refractivity contribution in [1.29, 1.82) is 0 Å². The maximum Gasteiger partial charge on any atom is 0.127 e. The zero-order valence-corrected chi connectivity index (χ0v) is 8.66. The van der Waals surface area contributed by atoms with Gasteiger partial charge in [-0.2, -0.15) is 5.10 Å². The van der Waals surface area contributed by atoms with E-state index in [-0.39, 0.29) is 5.82 Å². The molecule has 15 heavy (non-hydrogen) atoms. The van der Waals surface area contributed by atoms with E-state index in [1.54, 1.807) is 10.7 Å². The first-order valence-electron chi connectivity index (χ1n) is 4.66. The first-order chi connectivity index (χ1) is 7.06. The second-order valence-corrected chi connectivity index (χ2v) is 3.58. The number of aryl methyl sites for hydroxylation is 2. The second kappa shape index (κ2) is 3.38. The number of nitrogen functional groups attached to an aromatic ring is 1. The molecule has 78 valence electrons. The van der Waals surface area contributed by atoms with E-state index < -0.39 is 0 Å². The van der Waals surface area contributed by atoms with Crippen LogP contribution in [0.15, 0.2) is 24.3 Å². The molecule has 0 atom stereocenters. The maximum atomic E-state index is 13.1. The lowest BCUT2D eigenvalue weighted by Crippen LogP contribution is -2.01. The molecule has 0 amide bonds. The Kier molecular flexibility index (Phi) is 2.19. The molecule has 2 rings (SSSR count). The average molecular weight is 205 g/mol. The number of nitrogens with zero attached hydrogens (tertiary/aromatic N) is 2. The fraction of sp³-hybridized carbons (Fsp3) is 0.182. The second-order valence-electron chi connectivity index (χ2n) is 3.58. The molecule has 3 nitrogen and oxygen atoms in total. The molecule has 0 aliphatic rings. The summed E-state index contributed by atoms with van der Waals surface area (Å²) in [5.74, 6) is -0.349. The van der Waals surface area contributed by atoms with E-state index in [2.05, 4.69) is 5.10 Å². The Labute approximate surface area is 87.3 Å². The van der Waals surface area contributed by atoms with Crippen LogP contribution in [0.3, 0.4) is 0 Å². The van der Waals surface area contributed by atoms with Crippen LogP contribution in [-0.2, 0) is 0 Å². The van der Waals surface area contributed by atoms with E-state index in [4.69, 9.17) is 5.73 Å². The molecule has 2 aromatic rings. The predicted octanol–water partition coefficient (Wildman–Crippen LogP) is 2.21. The first-order valence-corrected chi connectivity index (χ1v) is 4.66. The molecule has 1 heterocycles. The number of anilines is 1. The molecule has 0 bridgehead atoms. The molecular formula is C11H12FN3. The average Bonchev–Trinajstić information content (AvgIpc) is 2.43. The van der Waals surface area contributed by atoms with Gasteiger partial charge in [0.15, 0.2) is 0 Å². The van der Waals surface area contributed by atoms with Crippen LogP contribution >= 0.6 is 0 Å². The van der Waals surface area contributed by atoms with E-state index in [9.17, 15) is 4.39 Å². The predicted molar refractivity (Wildman–Crippen MR) is 57.4 cm³/mol. The number of aromatic nitrogens is 2. The van der Waals surface area contributed by atoms with Crippen molar-refractivity contribution in [3.63, 3.8) is 0 Å². The van der Waals surface area contributed by atoms with E-state index >= 15 is 0 Å². The van der Waals surface area contributed by atoms with Crippen molar-refractivity contribution in [1.82, 2.24) is 9.78 Å². The third-order valence-electron chi connectivity index (χ3n) is 2.16. The zero-order chi connectivity index (χ0) is 11.0. The molecule has 0 aliphatic heterocycles. The maximum absolute atomic E-state index is 13.1. The minimum absolute atomic E-state index is 0.349. The Morgan fingerprint density at radius 3 is 2.47 bits per heavy atom. The summed E-state index contributed by atoms with van der Waals surface area (Å²) in [5, 5.41) is 4.26. The summed E-state index contributed by atoms with van der Waals surface area (Å²) in [7, 11) is 0. The highest BCUT2D eigenvalue weighted by Gasteiger charge is 2.05. The number of hydrogen-bond donors (Lipinski definition) is 1. The fourth-order valence-corrected chi connectivity index (χ4v) is 1.61. The number of nitrogens with two attached hydrogens (primary N) is 1. The van der Waals surface area contributed by atoms with E-state index in [0.29, 0.717) is 11.4 Å². The fourth-order valence-electron chi connectivity index (χ4n) is 1.61. The van der Waals surface area contributed by atoms with Gasteiger partial charge in [-0.05, 0) is 38.1 Å². The Hall–Kier alpha value is -1.84. The van der Waals surface area contributed by atoms with Gasteiger partial charge in [-0.25, -0.2) is 9.07 Å². The lowest BCUT2D eigenvalue weighted by atomic mass is 10.2. The van der Waals surface area contributed by atoms with Gasteiger partial charge < -0.3 is 5.73 Å². The monoisotopic (exact) mass is 205 g/mol. The minimum atomic E-state index is -0.349. The highest BCUT2D eigenvalue weighted by atomic mass is 19.1. The molecule has 1 aromatic carbocycles. The number of halogens is 1. The first kappa shape index (κ1) is 9.71. The van der Waals surface area contributed by atoms with Crippen molar-refractivity contribution in [2.75, 3.05) is 5.73 Å². The normalized spacial score (nSPS) is 10.6. The van der Waals surface area contributed by atoms with Crippen molar-refractivity contribution in [2.24, 2.45) is 0 Å². The van der Waals surface area contributed by atoms with Crippen LogP contribution in [0.25, 0.3) is 5.69 Å². The van der Waals surface area contributed by atoms with Crippen LogP contribution in [0.2, 0.25) is 0 Å². The smallest absolute Gasteiger partial charge is 0.127 e. The molecule has 0 unspecified atom stereocenters. The summed E-state index contributed by atoms with van der Waals surface area (Å²) in [6.45, 7) is 3.81. The van der Waals surface area contributed by atoms with Crippen molar-refractivity contribution in [3.8, 4) is 5.69 Å². The topological polar surface area (TPSA) is 43.8 Å². The molecule has 0 aliphatic carbocycles. The van der Waals surface area contributed by atoms with Gasteiger partial charge in [-0.1, -0.05) is 0 Å². The third-order valence-corrected chi connectivity index (χ3v) is 2.16. The summed E-state index contributed by atoms with van der Waals surface area (Å²) >= 11 is 0. The van der Waals surface area contributed by atoms with Gasteiger partial charge in [-0.15, -0.1) is 0 Å². The molecule has 0 saturated carbocycles. The lowest BCUT2D eigenvalue weighted by Gasteiger charge is -2.05. The van der Waals surface area contributed by atoms with Crippen molar-refractivity contribution < 1.29 is 4.39 Å². The summed E-state index contributed by atoms with van der Waals surface area (Å²) in [4.78, 5) is 0. The molecule has 0 radical (unpaired) electrons. The van der Waals surface area contributed by atoms with E-state index in [1.165, 1.54) is 12.1 Å². The van der Waals surface area contributed by atoms with Gasteiger partial charge in [0, 0.05) is 11.4 Å². The highest BCUT2D eigenvalue weighted by Crippen LogP contribution is 2.16. The zero-order valence-electron chi connectivity index (χ0n) is 8.66. The van der Waals surface area contributed by atoms with Crippen molar-refractivity contribution in [3.05, 3.63) is 41.5 Å². The molecular weight excluding hydrogens is 193 g/mol. The summed E-state index contributed by atoms with van der Waals surface area (Å²) in [6, 6.07) is 6.33. The Bertz CT molecular complexity index is 482. The highest BCUT2D eigenvalue weighted by molar-refractivity contribution is 5.48. The molecule has 4 heteroatoms. The van der Waals surface area contributed by atoms with E-state index in [1.807, 2.05) is 19.9 Å². The van der Waals surface area contributed by atoms with Gasteiger partial charge in [0.1, 0.15) is 5.82 Å². The molecule has 0 fully saturated rings. The number of benzene rings is 1. The quantitative estimate of drug-likeness (QED) is 0.725.